The monoisotopic (exact) mass is 385 g/mol. The van der Waals surface area contributed by atoms with Crippen molar-refractivity contribution < 1.29 is 29.1 Å². The van der Waals surface area contributed by atoms with E-state index in [1.54, 1.807) is 13.8 Å². The third kappa shape index (κ3) is 6.99. The largest absolute Gasteiger partial charge is 0.270 e. The number of hydrogen-bond donors (Lipinski definition) is 0. The second kappa shape index (κ2) is 9.78. The van der Waals surface area contributed by atoms with Crippen molar-refractivity contribution in [3.63, 3.8) is 0 Å². The summed E-state index contributed by atoms with van der Waals surface area (Å²) in [6.45, 7) is 14.9. The number of rotatable bonds is 12. The lowest BCUT2D eigenvalue weighted by atomic mass is 10.0. The molecule has 0 spiro atoms. The van der Waals surface area contributed by atoms with Crippen molar-refractivity contribution in [2.75, 3.05) is 6.54 Å². The first kappa shape index (κ1) is 23.8. The van der Waals surface area contributed by atoms with Crippen LogP contribution >= 0.6 is 0 Å². The molecule has 0 unspecified atom stereocenters. The second-order valence-corrected chi connectivity index (χ2v) is 8.28. The van der Waals surface area contributed by atoms with E-state index in [2.05, 4.69) is 0 Å². The molecule has 0 atom stereocenters. The van der Waals surface area contributed by atoms with Crippen molar-refractivity contribution in [2.24, 2.45) is 0 Å². The summed E-state index contributed by atoms with van der Waals surface area (Å²) in [7, 11) is 0. The Hall–Kier alpha value is -1.28. The fourth-order valence-electron chi connectivity index (χ4n) is 2.86. The Morgan fingerprint density at radius 1 is 0.815 bits per heavy atom. The maximum atomic E-state index is 12.3. The minimum Gasteiger partial charge on any atom is -0.270 e. The van der Waals surface area contributed by atoms with E-state index in [4.69, 9.17) is 19.6 Å². The van der Waals surface area contributed by atoms with E-state index in [0.717, 1.165) is 30.6 Å². The van der Waals surface area contributed by atoms with Crippen molar-refractivity contribution in [3.8, 4) is 0 Å². The molecule has 0 aromatic heterocycles. The van der Waals surface area contributed by atoms with Crippen molar-refractivity contribution in [1.82, 2.24) is 4.90 Å². The molecule has 0 bridgehead atoms. The summed E-state index contributed by atoms with van der Waals surface area (Å²) in [5.41, 5.74) is -0.201. The van der Waals surface area contributed by atoms with Gasteiger partial charge in [0.1, 0.15) is 0 Å². The van der Waals surface area contributed by atoms with Gasteiger partial charge in [0.25, 0.3) is 11.8 Å². The quantitative estimate of drug-likeness (QED) is 0.218. The molecule has 27 heavy (non-hydrogen) atoms. The highest BCUT2D eigenvalue weighted by molar-refractivity contribution is 6.18. The minimum atomic E-state index is -1.05. The zero-order valence-corrected chi connectivity index (χ0v) is 18.0. The van der Waals surface area contributed by atoms with Gasteiger partial charge in [-0.3, -0.25) is 14.5 Å². The highest BCUT2D eigenvalue weighted by Gasteiger charge is 2.37. The van der Waals surface area contributed by atoms with Crippen LogP contribution in [0.1, 0.15) is 81.1 Å². The molecule has 1 aliphatic heterocycles. The maximum Gasteiger partial charge on any atom is 0.257 e. The van der Waals surface area contributed by atoms with Gasteiger partial charge in [-0.1, -0.05) is 26.7 Å². The van der Waals surface area contributed by atoms with Crippen LogP contribution in [0, 0.1) is 0 Å². The first-order valence-corrected chi connectivity index (χ1v) is 9.66. The average molecular weight is 386 g/mol. The van der Waals surface area contributed by atoms with Crippen LogP contribution in [0.5, 0.6) is 0 Å². The summed E-state index contributed by atoms with van der Waals surface area (Å²) in [5.74, 6) is -0.703. The summed E-state index contributed by atoms with van der Waals surface area (Å²) >= 11 is 0. The molecule has 0 fully saturated rings. The Kier molecular flexibility index (Phi) is 8.60. The molecule has 0 saturated carbocycles. The van der Waals surface area contributed by atoms with E-state index in [-0.39, 0.29) is 18.4 Å². The Morgan fingerprint density at radius 3 is 1.52 bits per heavy atom. The summed E-state index contributed by atoms with van der Waals surface area (Å²) in [6, 6.07) is 0. The van der Waals surface area contributed by atoms with Crippen LogP contribution in [0.4, 0.5) is 0 Å². The molecule has 0 radical (unpaired) electrons. The van der Waals surface area contributed by atoms with Crippen molar-refractivity contribution in [2.45, 2.75) is 98.6 Å². The highest BCUT2D eigenvalue weighted by atomic mass is 17.3. The van der Waals surface area contributed by atoms with Crippen LogP contribution in [-0.4, -0.2) is 40.8 Å². The van der Waals surface area contributed by atoms with Gasteiger partial charge in [-0.25, -0.2) is 9.78 Å². The predicted octanol–water partition coefficient (Wildman–Crippen LogP) is 4.07. The van der Waals surface area contributed by atoms with Crippen LogP contribution in [0.2, 0.25) is 0 Å². The number of carbonyl (C=O) groups is 2. The molecular weight excluding hydrogens is 350 g/mol. The highest BCUT2D eigenvalue weighted by Crippen LogP contribution is 2.24. The molecule has 0 aromatic carbocycles. The number of nitrogens with zero attached hydrogens (tertiary/aromatic N) is 1. The molecule has 1 heterocycles. The molecule has 7 heteroatoms. The normalized spacial score (nSPS) is 16.3. The summed E-state index contributed by atoms with van der Waals surface area (Å²) in [4.78, 5) is 47.7. The lowest BCUT2D eigenvalue weighted by molar-refractivity contribution is -0.499. The fraction of sp³-hybridized carbons (Fsp3) is 0.800. The Bertz CT molecular complexity index is 521. The van der Waals surface area contributed by atoms with Gasteiger partial charge in [-0.05, 0) is 54.4 Å². The van der Waals surface area contributed by atoms with E-state index >= 15 is 0 Å². The minimum absolute atomic E-state index is 0.114. The Morgan fingerprint density at radius 2 is 1.19 bits per heavy atom. The fourth-order valence-corrected chi connectivity index (χ4v) is 2.86. The first-order valence-electron chi connectivity index (χ1n) is 9.66. The molecule has 7 nitrogen and oxygen atoms in total. The predicted molar refractivity (Wildman–Crippen MR) is 101 cm³/mol. The van der Waals surface area contributed by atoms with Crippen molar-refractivity contribution in [1.29, 1.82) is 0 Å². The molecule has 0 saturated heterocycles. The zero-order valence-electron chi connectivity index (χ0n) is 18.0. The number of amides is 2. The van der Waals surface area contributed by atoms with Gasteiger partial charge in [0.2, 0.25) is 6.29 Å². The number of hydrogen-bond acceptors (Lipinski definition) is 6. The maximum absolute atomic E-state index is 12.3. The van der Waals surface area contributed by atoms with Gasteiger partial charge in [0, 0.05) is 11.1 Å². The van der Waals surface area contributed by atoms with Crippen LogP contribution in [0.25, 0.3) is 0 Å². The molecule has 0 aliphatic carbocycles. The molecule has 0 N–H and O–H groups in total. The summed E-state index contributed by atoms with van der Waals surface area (Å²) < 4.78 is 0. The molecule has 1 rings (SSSR count). The van der Waals surface area contributed by atoms with E-state index < -0.39 is 17.5 Å². The van der Waals surface area contributed by atoms with E-state index in [1.165, 1.54) is 0 Å². The average Bonchev–Trinajstić information content (AvgIpc) is 2.74. The summed E-state index contributed by atoms with van der Waals surface area (Å²) in [5, 5.41) is 0. The molecule has 156 valence electrons. The summed E-state index contributed by atoms with van der Waals surface area (Å²) in [6.07, 6.45) is 2.36. The standard InChI is InChI=1S/C20H35NO6/c1-9-11-19(5,6)26-24-16(25-27-20(7,8)12-10-2)13-21-17(22)14(3)15(4)18(21)23/h16H,9-13H2,1-8H3. The van der Waals surface area contributed by atoms with E-state index in [9.17, 15) is 9.59 Å². The van der Waals surface area contributed by atoms with Crippen LogP contribution in [0.3, 0.4) is 0 Å². The van der Waals surface area contributed by atoms with E-state index in [0.29, 0.717) is 11.1 Å². The van der Waals surface area contributed by atoms with Gasteiger partial charge in [-0.2, -0.15) is 9.78 Å². The number of carbonyl (C=O) groups excluding carboxylic acids is 2. The smallest absolute Gasteiger partial charge is 0.257 e. The SMILES string of the molecule is CCCC(C)(C)OOC(CN1C(=O)C(C)=C(C)C1=O)OOC(C)(C)CCC. The number of imide groups is 1. The van der Waals surface area contributed by atoms with Crippen LogP contribution in [0.15, 0.2) is 11.1 Å². The lowest BCUT2D eigenvalue weighted by Gasteiger charge is -2.30. The van der Waals surface area contributed by atoms with Gasteiger partial charge in [-0.15, -0.1) is 0 Å². The Balaban J connectivity index is 2.81. The lowest BCUT2D eigenvalue weighted by Crippen LogP contribution is -2.42. The van der Waals surface area contributed by atoms with Crippen molar-refractivity contribution in [3.05, 3.63) is 11.1 Å². The third-order valence-electron chi connectivity index (χ3n) is 4.49. The van der Waals surface area contributed by atoms with Gasteiger partial charge < -0.3 is 0 Å². The van der Waals surface area contributed by atoms with Gasteiger partial charge >= 0.3 is 0 Å². The van der Waals surface area contributed by atoms with Gasteiger partial charge in [0.05, 0.1) is 17.7 Å². The van der Waals surface area contributed by atoms with E-state index in [1.807, 2.05) is 41.5 Å². The topological polar surface area (TPSA) is 74.3 Å². The first-order chi connectivity index (χ1) is 12.4. The van der Waals surface area contributed by atoms with Crippen molar-refractivity contribution >= 4 is 11.8 Å². The third-order valence-corrected chi connectivity index (χ3v) is 4.49. The molecule has 2 amide bonds. The van der Waals surface area contributed by atoms with Crippen LogP contribution < -0.4 is 0 Å². The molecule has 0 aromatic rings. The molecule has 1 aliphatic rings. The van der Waals surface area contributed by atoms with Gasteiger partial charge in [0.15, 0.2) is 0 Å². The Labute approximate surface area is 162 Å². The second-order valence-electron chi connectivity index (χ2n) is 8.28. The molecular formula is C20H35NO6. The zero-order chi connectivity index (χ0) is 20.8. The van der Waals surface area contributed by atoms with Crippen LogP contribution in [-0.2, 0) is 29.1 Å².